The molecule has 1 atom stereocenters. The van der Waals surface area contributed by atoms with Gasteiger partial charge in [-0.3, -0.25) is 13.9 Å². The van der Waals surface area contributed by atoms with E-state index in [1.165, 1.54) is 55.5 Å². The van der Waals surface area contributed by atoms with Gasteiger partial charge in [0.05, 0.1) is 26.2 Å². The van der Waals surface area contributed by atoms with Crippen LogP contribution in [0.15, 0.2) is 72.8 Å². The Hall–Kier alpha value is -4.12. The third kappa shape index (κ3) is 7.95. The first kappa shape index (κ1) is 30.4. The van der Waals surface area contributed by atoms with Crippen molar-refractivity contribution < 1.29 is 31.9 Å². The lowest BCUT2D eigenvalue weighted by molar-refractivity contribution is -0.140. The van der Waals surface area contributed by atoms with E-state index >= 15 is 0 Å². The smallest absolute Gasteiger partial charge is 0.244 e. The molecule has 214 valence electrons. The highest BCUT2D eigenvalue weighted by Crippen LogP contribution is 2.32. The van der Waals surface area contributed by atoms with E-state index in [1.54, 1.807) is 13.0 Å². The van der Waals surface area contributed by atoms with Gasteiger partial charge in [0.2, 0.25) is 21.8 Å². The number of ether oxygens (including phenoxy) is 2. The first-order valence-corrected chi connectivity index (χ1v) is 14.5. The van der Waals surface area contributed by atoms with Crippen molar-refractivity contribution in [3.63, 3.8) is 0 Å². The molecule has 0 aliphatic heterocycles. The molecule has 1 N–H and O–H groups in total. The van der Waals surface area contributed by atoms with Gasteiger partial charge in [-0.1, -0.05) is 42.5 Å². The Morgan fingerprint density at radius 2 is 1.57 bits per heavy atom. The minimum Gasteiger partial charge on any atom is -0.493 e. The maximum absolute atomic E-state index is 14.0. The van der Waals surface area contributed by atoms with Crippen LogP contribution in [0.25, 0.3) is 0 Å². The summed E-state index contributed by atoms with van der Waals surface area (Å²) in [5.74, 6) is -0.768. The predicted octanol–water partition coefficient (Wildman–Crippen LogP) is 3.39. The molecule has 0 saturated heterocycles. The number of amides is 2. The summed E-state index contributed by atoms with van der Waals surface area (Å²) in [6.07, 6.45) is 1.18. The van der Waals surface area contributed by atoms with E-state index in [2.05, 4.69) is 5.32 Å². The van der Waals surface area contributed by atoms with Crippen molar-refractivity contribution >= 4 is 27.5 Å². The third-order valence-electron chi connectivity index (χ3n) is 6.22. The fourth-order valence-electron chi connectivity index (χ4n) is 4.23. The van der Waals surface area contributed by atoms with Crippen molar-refractivity contribution in [2.45, 2.75) is 25.9 Å². The zero-order chi connectivity index (χ0) is 29.3. The molecule has 0 aromatic heterocycles. The van der Waals surface area contributed by atoms with Crippen LogP contribution in [-0.4, -0.2) is 64.7 Å². The van der Waals surface area contributed by atoms with Crippen molar-refractivity contribution in [1.29, 1.82) is 0 Å². The minimum absolute atomic E-state index is 0.0444. The van der Waals surface area contributed by atoms with Gasteiger partial charge in [0.25, 0.3) is 0 Å². The Morgan fingerprint density at radius 1 is 0.925 bits per heavy atom. The van der Waals surface area contributed by atoms with Crippen LogP contribution in [0.2, 0.25) is 0 Å². The van der Waals surface area contributed by atoms with Crippen LogP contribution in [-0.2, 0) is 32.6 Å². The quantitative estimate of drug-likeness (QED) is 0.337. The molecule has 0 spiro atoms. The van der Waals surface area contributed by atoms with Gasteiger partial charge in [-0.05, 0) is 42.3 Å². The molecular formula is C29H34FN3O6S. The van der Waals surface area contributed by atoms with E-state index in [0.717, 1.165) is 16.1 Å². The lowest BCUT2D eigenvalue weighted by Crippen LogP contribution is -2.53. The van der Waals surface area contributed by atoms with E-state index in [0.29, 0.717) is 17.9 Å². The number of rotatable bonds is 13. The first-order valence-electron chi connectivity index (χ1n) is 12.6. The second kappa shape index (κ2) is 13.8. The van der Waals surface area contributed by atoms with E-state index in [9.17, 15) is 22.4 Å². The number of hydrogen-bond donors (Lipinski definition) is 1. The average Bonchev–Trinajstić information content (AvgIpc) is 2.94. The maximum Gasteiger partial charge on any atom is 0.244 e. The van der Waals surface area contributed by atoms with Gasteiger partial charge in [0.15, 0.2) is 11.5 Å². The van der Waals surface area contributed by atoms with Crippen molar-refractivity contribution in [3.8, 4) is 11.5 Å². The van der Waals surface area contributed by atoms with Gasteiger partial charge in [-0.15, -0.1) is 0 Å². The van der Waals surface area contributed by atoms with Crippen LogP contribution in [0, 0.1) is 5.82 Å². The average molecular weight is 572 g/mol. The summed E-state index contributed by atoms with van der Waals surface area (Å²) >= 11 is 0. The van der Waals surface area contributed by atoms with E-state index in [-0.39, 0.29) is 30.3 Å². The lowest BCUT2D eigenvalue weighted by atomic mass is 10.0. The lowest BCUT2D eigenvalue weighted by Gasteiger charge is -2.33. The van der Waals surface area contributed by atoms with Gasteiger partial charge >= 0.3 is 0 Å². The summed E-state index contributed by atoms with van der Waals surface area (Å²) in [5, 5.41) is 2.78. The first-order chi connectivity index (χ1) is 19.1. The van der Waals surface area contributed by atoms with E-state index < -0.39 is 34.3 Å². The van der Waals surface area contributed by atoms with Crippen molar-refractivity contribution in [2.24, 2.45) is 0 Å². The minimum atomic E-state index is -3.95. The molecule has 2 amide bonds. The number of nitrogens with zero attached hydrogens (tertiary/aromatic N) is 2. The molecule has 0 aliphatic carbocycles. The number of benzene rings is 3. The molecule has 3 aromatic carbocycles. The van der Waals surface area contributed by atoms with Crippen LogP contribution in [0.5, 0.6) is 11.5 Å². The summed E-state index contributed by atoms with van der Waals surface area (Å²) in [6.45, 7) is 1.48. The van der Waals surface area contributed by atoms with Crippen LogP contribution < -0.4 is 19.1 Å². The van der Waals surface area contributed by atoms with Crippen molar-refractivity contribution in [1.82, 2.24) is 10.2 Å². The molecule has 0 heterocycles. The molecule has 0 radical (unpaired) electrons. The molecular weight excluding hydrogens is 537 g/mol. The third-order valence-corrected chi connectivity index (χ3v) is 7.36. The number of sulfonamides is 1. The van der Waals surface area contributed by atoms with Crippen LogP contribution in [0.4, 0.5) is 10.1 Å². The molecule has 3 aromatic rings. The SMILES string of the molecule is CCNC(=O)[C@H](Cc1ccccc1)N(Cc1ccc(F)cc1)C(=O)CN(c1ccc(OC)c(OC)c1)S(C)(=O)=O. The van der Waals surface area contributed by atoms with Crippen molar-refractivity contribution in [3.05, 3.63) is 89.7 Å². The highest BCUT2D eigenvalue weighted by molar-refractivity contribution is 7.92. The number of halogens is 1. The van der Waals surface area contributed by atoms with Gasteiger partial charge in [-0.25, -0.2) is 12.8 Å². The number of methoxy groups -OCH3 is 2. The molecule has 9 nitrogen and oxygen atoms in total. The van der Waals surface area contributed by atoms with Gasteiger partial charge < -0.3 is 19.7 Å². The Kier molecular flexibility index (Phi) is 10.5. The molecule has 0 unspecified atom stereocenters. The van der Waals surface area contributed by atoms with E-state index in [4.69, 9.17) is 9.47 Å². The zero-order valence-electron chi connectivity index (χ0n) is 23.0. The van der Waals surface area contributed by atoms with Gasteiger partial charge in [-0.2, -0.15) is 0 Å². The number of carbonyl (C=O) groups excluding carboxylic acids is 2. The molecule has 40 heavy (non-hydrogen) atoms. The van der Waals surface area contributed by atoms with Crippen molar-refractivity contribution in [2.75, 3.05) is 37.9 Å². The second-order valence-corrected chi connectivity index (χ2v) is 11.0. The molecule has 0 bridgehead atoms. The summed E-state index contributed by atoms with van der Waals surface area (Å²) in [4.78, 5) is 28.6. The molecule has 0 aliphatic rings. The highest BCUT2D eigenvalue weighted by Gasteiger charge is 2.33. The summed E-state index contributed by atoms with van der Waals surface area (Å²) in [5.41, 5.74) is 1.58. The predicted molar refractivity (Wildman–Crippen MR) is 151 cm³/mol. The molecule has 11 heteroatoms. The summed E-state index contributed by atoms with van der Waals surface area (Å²) in [6, 6.07) is 18.3. The largest absolute Gasteiger partial charge is 0.493 e. The Bertz CT molecular complexity index is 1400. The highest BCUT2D eigenvalue weighted by atomic mass is 32.2. The zero-order valence-corrected chi connectivity index (χ0v) is 23.8. The number of anilines is 1. The Balaban J connectivity index is 2.05. The molecule has 0 saturated carbocycles. The monoisotopic (exact) mass is 571 g/mol. The van der Waals surface area contributed by atoms with Gasteiger partial charge in [0.1, 0.15) is 18.4 Å². The summed E-state index contributed by atoms with van der Waals surface area (Å²) in [7, 11) is -1.07. The molecule has 3 rings (SSSR count). The number of hydrogen-bond acceptors (Lipinski definition) is 6. The number of likely N-dealkylation sites (N-methyl/N-ethyl adjacent to an activating group) is 1. The Morgan fingerprint density at radius 3 is 2.15 bits per heavy atom. The Labute approximate surface area is 234 Å². The topological polar surface area (TPSA) is 105 Å². The fraction of sp³-hybridized carbons (Fsp3) is 0.310. The fourth-order valence-corrected chi connectivity index (χ4v) is 5.07. The second-order valence-electron chi connectivity index (χ2n) is 9.06. The standard InChI is InChI=1S/C29H34FN3O6S/c1-5-31-29(35)25(17-21-9-7-6-8-10-21)32(19-22-11-13-23(30)14-12-22)28(34)20-33(40(4,36)37)24-15-16-26(38-2)27(18-24)39-3/h6-16,18,25H,5,17,19-20H2,1-4H3,(H,31,35)/t25-/m0/s1. The van der Waals surface area contributed by atoms with Crippen LogP contribution >= 0.6 is 0 Å². The van der Waals surface area contributed by atoms with Crippen LogP contribution in [0.3, 0.4) is 0 Å². The van der Waals surface area contributed by atoms with Gasteiger partial charge in [0, 0.05) is 25.6 Å². The normalized spacial score (nSPS) is 11.8. The number of nitrogens with one attached hydrogen (secondary N) is 1. The maximum atomic E-state index is 14.0. The van der Waals surface area contributed by atoms with E-state index in [1.807, 2.05) is 30.3 Å². The summed E-state index contributed by atoms with van der Waals surface area (Å²) < 4.78 is 50.9. The molecule has 0 fully saturated rings. The number of carbonyl (C=O) groups is 2. The van der Waals surface area contributed by atoms with Crippen LogP contribution in [0.1, 0.15) is 18.1 Å².